The number of pyridine rings is 1. The molecule has 2 aromatic rings. The average molecular weight is 294 g/mol. The monoisotopic (exact) mass is 294 g/mol. The summed E-state index contributed by atoms with van der Waals surface area (Å²) >= 11 is 0. The molecule has 0 atom stereocenters. The molecule has 0 aliphatic carbocycles. The number of aliphatic imine (C=N–C) groups is 1. The number of methoxy groups -OCH3 is 1. The quantitative estimate of drug-likeness (QED) is 0.645. The molecule has 110 valence electrons. The van der Waals surface area contributed by atoms with E-state index in [9.17, 15) is 4.79 Å². The Hall–Kier alpha value is -2.95. The van der Waals surface area contributed by atoms with Crippen LogP contribution in [-0.2, 0) is 9.53 Å². The molecule has 2 heterocycles. The molecule has 1 aliphatic rings. The smallest absolute Gasteiger partial charge is 0.363 e. The van der Waals surface area contributed by atoms with Gasteiger partial charge in [0.25, 0.3) is 0 Å². The molecule has 0 radical (unpaired) electrons. The van der Waals surface area contributed by atoms with Gasteiger partial charge in [0.1, 0.15) is 5.75 Å². The Kier molecular flexibility index (Phi) is 3.70. The summed E-state index contributed by atoms with van der Waals surface area (Å²) in [5, 5.41) is 0. The van der Waals surface area contributed by atoms with Gasteiger partial charge in [0.2, 0.25) is 5.90 Å². The molecule has 0 fully saturated rings. The zero-order chi connectivity index (χ0) is 15.5. The summed E-state index contributed by atoms with van der Waals surface area (Å²) in [5.41, 5.74) is 2.85. The Morgan fingerprint density at radius 3 is 2.64 bits per heavy atom. The lowest BCUT2D eigenvalue weighted by Crippen LogP contribution is -2.05. The van der Waals surface area contributed by atoms with Crippen LogP contribution in [0.5, 0.6) is 5.75 Å². The Morgan fingerprint density at radius 2 is 1.95 bits per heavy atom. The van der Waals surface area contributed by atoms with E-state index in [0.29, 0.717) is 5.90 Å². The van der Waals surface area contributed by atoms with Gasteiger partial charge in [-0.05, 0) is 48.4 Å². The fourth-order valence-electron chi connectivity index (χ4n) is 2.18. The van der Waals surface area contributed by atoms with E-state index in [4.69, 9.17) is 9.47 Å². The summed E-state index contributed by atoms with van der Waals surface area (Å²) in [7, 11) is 1.63. The highest BCUT2D eigenvalue weighted by Crippen LogP contribution is 2.22. The summed E-state index contributed by atoms with van der Waals surface area (Å²) in [6.07, 6.45) is 4.95. The third-order valence-corrected chi connectivity index (χ3v) is 3.27. The average Bonchev–Trinajstić information content (AvgIpc) is 2.89. The van der Waals surface area contributed by atoms with Crippen molar-refractivity contribution in [3.05, 3.63) is 65.1 Å². The van der Waals surface area contributed by atoms with E-state index in [1.54, 1.807) is 37.7 Å². The fraction of sp³-hybridized carbons (Fsp3) is 0.118. The van der Waals surface area contributed by atoms with E-state index in [2.05, 4.69) is 9.98 Å². The Labute approximate surface area is 127 Å². The topological polar surface area (TPSA) is 60.8 Å². The molecule has 0 saturated carbocycles. The minimum absolute atomic E-state index is 0.274. The molecule has 0 N–H and O–H groups in total. The second kappa shape index (κ2) is 5.81. The number of esters is 1. The van der Waals surface area contributed by atoms with E-state index in [0.717, 1.165) is 22.4 Å². The summed E-state index contributed by atoms with van der Waals surface area (Å²) in [4.78, 5) is 20.1. The SMILES string of the molecule is COc1ccc(/C=C2/N=C(c3ccncc3)OC2=O)cc1C. The van der Waals surface area contributed by atoms with Crippen LogP contribution in [0.25, 0.3) is 6.08 Å². The molecule has 0 unspecified atom stereocenters. The van der Waals surface area contributed by atoms with Crippen molar-refractivity contribution in [1.29, 1.82) is 0 Å². The number of carbonyl (C=O) groups is 1. The fourth-order valence-corrected chi connectivity index (χ4v) is 2.18. The maximum absolute atomic E-state index is 11.9. The number of aromatic nitrogens is 1. The highest BCUT2D eigenvalue weighted by molar-refractivity contribution is 6.12. The van der Waals surface area contributed by atoms with Crippen molar-refractivity contribution in [1.82, 2.24) is 4.98 Å². The van der Waals surface area contributed by atoms with Crippen molar-refractivity contribution in [2.75, 3.05) is 7.11 Å². The second-order valence-corrected chi connectivity index (χ2v) is 4.80. The summed E-state index contributed by atoms with van der Waals surface area (Å²) in [6, 6.07) is 9.14. The van der Waals surface area contributed by atoms with Crippen molar-refractivity contribution in [3.63, 3.8) is 0 Å². The molecular formula is C17H14N2O3. The van der Waals surface area contributed by atoms with Gasteiger partial charge in [-0.1, -0.05) is 6.07 Å². The molecule has 22 heavy (non-hydrogen) atoms. The van der Waals surface area contributed by atoms with Crippen molar-refractivity contribution in [2.24, 2.45) is 4.99 Å². The normalized spacial score (nSPS) is 15.6. The van der Waals surface area contributed by atoms with Crippen molar-refractivity contribution in [3.8, 4) is 5.75 Å². The van der Waals surface area contributed by atoms with Gasteiger partial charge in [-0.3, -0.25) is 4.98 Å². The first kappa shape index (κ1) is 14.0. The van der Waals surface area contributed by atoms with Crippen LogP contribution in [0.4, 0.5) is 0 Å². The largest absolute Gasteiger partial charge is 0.496 e. The number of rotatable bonds is 3. The van der Waals surface area contributed by atoms with Crippen LogP contribution in [0.15, 0.2) is 53.4 Å². The van der Waals surface area contributed by atoms with Crippen LogP contribution in [0.2, 0.25) is 0 Å². The van der Waals surface area contributed by atoms with E-state index in [-0.39, 0.29) is 5.70 Å². The first-order valence-corrected chi connectivity index (χ1v) is 6.75. The van der Waals surface area contributed by atoms with E-state index >= 15 is 0 Å². The maximum atomic E-state index is 11.9. The van der Waals surface area contributed by atoms with Gasteiger partial charge in [-0.15, -0.1) is 0 Å². The molecule has 0 amide bonds. The van der Waals surface area contributed by atoms with E-state index in [1.807, 2.05) is 25.1 Å². The van der Waals surface area contributed by atoms with Gasteiger partial charge in [0.15, 0.2) is 5.70 Å². The molecule has 1 aromatic heterocycles. The Bertz CT molecular complexity index is 780. The van der Waals surface area contributed by atoms with Crippen molar-refractivity contribution < 1.29 is 14.3 Å². The summed E-state index contributed by atoms with van der Waals surface area (Å²) in [5.74, 6) is 0.640. The Morgan fingerprint density at radius 1 is 1.18 bits per heavy atom. The molecule has 0 bridgehead atoms. The van der Waals surface area contributed by atoms with Crippen molar-refractivity contribution in [2.45, 2.75) is 6.92 Å². The Balaban J connectivity index is 1.92. The van der Waals surface area contributed by atoms with Crippen LogP contribution in [0, 0.1) is 6.92 Å². The molecule has 0 spiro atoms. The number of ether oxygens (including phenoxy) is 2. The highest BCUT2D eigenvalue weighted by atomic mass is 16.6. The van der Waals surface area contributed by atoms with Gasteiger partial charge in [-0.25, -0.2) is 9.79 Å². The van der Waals surface area contributed by atoms with Gasteiger partial charge >= 0.3 is 5.97 Å². The molecule has 3 rings (SSSR count). The van der Waals surface area contributed by atoms with Gasteiger partial charge in [-0.2, -0.15) is 0 Å². The van der Waals surface area contributed by atoms with E-state index < -0.39 is 5.97 Å². The minimum atomic E-state index is -0.458. The number of hydrogen-bond acceptors (Lipinski definition) is 5. The summed E-state index contributed by atoms with van der Waals surface area (Å²) in [6.45, 7) is 1.94. The molecule has 1 aromatic carbocycles. The molecule has 5 nitrogen and oxygen atoms in total. The third kappa shape index (κ3) is 2.74. The lowest BCUT2D eigenvalue weighted by Gasteiger charge is -2.04. The summed E-state index contributed by atoms with van der Waals surface area (Å²) < 4.78 is 10.4. The lowest BCUT2D eigenvalue weighted by molar-refractivity contribution is -0.129. The van der Waals surface area contributed by atoms with Crippen LogP contribution in [0.3, 0.4) is 0 Å². The molecule has 0 saturated heterocycles. The zero-order valence-electron chi connectivity index (χ0n) is 12.2. The minimum Gasteiger partial charge on any atom is -0.496 e. The predicted octanol–water partition coefficient (Wildman–Crippen LogP) is 2.74. The van der Waals surface area contributed by atoms with Gasteiger partial charge in [0.05, 0.1) is 7.11 Å². The van der Waals surface area contributed by atoms with E-state index in [1.165, 1.54) is 0 Å². The number of nitrogens with zero attached hydrogens (tertiary/aromatic N) is 2. The van der Waals surface area contributed by atoms with Crippen LogP contribution in [0.1, 0.15) is 16.7 Å². The standard InChI is InChI=1S/C17H14N2O3/c1-11-9-12(3-4-15(11)21-2)10-14-17(20)22-16(19-14)13-5-7-18-8-6-13/h3-10H,1-2H3/b14-10+. The van der Waals surface area contributed by atoms with Crippen LogP contribution in [-0.4, -0.2) is 24.0 Å². The van der Waals surface area contributed by atoms with Crippen LogP contribution >= 0.6 is 0 Å². The highest BCUT2D eigenvalue weighted by Gasteiger charge is 2.24. The van der Waals surface area contributed by atoms with Gasteiger partial charge in [0, 0.05) is 18.0 Å². The second-order valence-electron chi connectivity index (χ2n) is 4.80. The zero-order valence-corrected chi connectivity index (χ0v) is 12.2. The lowest BCUT2D eigenvalue weighted by atomic mass is 10.1. The maximum Gasteiger partial charge on any atom is 0.363 e. The third-order valence-electron chi connectivity index (χ3n) is 3.27. The van der Waals surface area contributed by atoms with Gasteiger partial charge < -0.3 is 9.47 Å². The first-order valence-electron chi connectivity index (χ1n) is 6.75. The first-order chi connectivity index (χ1) is 10.7. The number of cyclic esters (lactones) is 1. The number of aryl methyl sites for hydroxylation is 1. The number of hydrogen-bond donors (Lipinski definition) is 0. The molecule has 1 aliphatic heterocycles. The van der Waals surface area contributed by atoms with Crippen LogP contribution < -0.4 is 4.74 Å². The number of carbonyl (C=O) groups excluding carboxylic acids is 1. The predicted molar refractivity (Wildman–Crippen MR) is 82.6 cm³/mol. The molecule has 5 heteroatoms. The van der Waals surface area contributed by atoms with Crippen molar-refractivity contribution >= 4 is 17.9 Å². The number of benzene rings is 1. The molecular weight excluding hydrogens is 280 g/mol.